The number of halogens is 1. The number of fused-ring (bicyclic) bond motifs is 1. The summed E-state index contributed by atoms with van der Waals surface area (Å²) in [6.45, 7) is 1.73. The summed E-state index contributed by atoms with van der Waals surface area (Å²) in [5, 5.41) is 9.96. The van der Waals surface area contributed by atoms with Crippen LogP contribution in [-0.2, 0) is 0 Å². The highest BCUT2D eigenvalue weighted by Gasteiger charge is 2.13. The van der Waals surface area contributed by atoms with Gasteiger partial charge in [0.05, 0.1) is 30.4 Å². The van der Waals surface area contributed by atoms with E-state index in [9.17, 15) is 4.79 Å². The topological polar surface area (TPSA) is 108 Å². The van der Waals surface area contributed by atoms with Gasteiger partial charge in [0.1, 0.15) is 17.3 Å². The molecule has 0 unspecified atom stereocenters. The van der Waals surface area contributed by atoms with Gasteiger partial charge in [-0.1, -0.05) is 24.2 Å². The van der Waals surface area contributed by atoms with Gasteiger partial charge in [-0.3, -0.25) is 10.3 Å². The number of rotatable bonds is 6. The Kier molecular flexibility index (Phi) is 7.24. The van der Waals surface area contributed by atoms with Crippen LogP contribution in [0.25, 0.3) is 10.9 Å². The number of benzene rings is 2. The second-order valence-corrected chi connectivity index (χ2v) is 7.09. The molecule has 2 N–H and O–H groups in total. The molecule has 0 aliphatic carbocycles. The van der Waals surface area contributed by atoms with E-state index < -0.39 is 6.03 Å². The van der Waals surface area contributed by atoms with E-state index in [1.807, 2.05) is 0 Å². The highest BCUT2D eigenvalue weighted by Crippen LogP contribution is 2.37. The number of carbonyl (C=O) groups is 1. The third kappa shape index (κ3) is 5.27. The summed E-state index contributed by atoms with van der Waals surface area (Å²) in [5.41, 5.74) is 1.09. The van der Waals surface area contributed by atoms with Crippen molar-refractivity contribution in [2.45, 2.75) is 14.4 Å². The maximum absolute atomic E-state index is 12.2. The first-order valence-corrected chi connectivity index (χ1v) is 9.84. The number of nitrogens with zero attached hydrogens (tertiary/aromatic N) is 2. The van der Waals surface area contributed by atoms with Gasteiger partial charge in [-0.2, -0.15) is 0 Å². The molecule has 0 radical (unpaired) electrons. The highest BCUT2D eigenvalue weighted by atomic mass is 35.5. The van der Waals surface area contributed by atoms with Crippen LogP contribution in [0.3, 0.4) is 0 Å². The lowest BCUT2D eigenvalue weighted by Crippen LogP contribution is -2.19. The molecule has 172 valence electrons. The van der Waals surface area contributed by atoms with Crippen LogP contribution in [-0.4, -0.2) is 30.4 Å². The van der Waals surface area contributed by atoms with Crippen molar-refractivity contribution in [1.82, 2.24) is 10.1 Å². The van der Waals surface area contributed by atoms with Crippen LogP contribution in [0, 0.1) is 6.92 Å². The summed E-state index contributed by atoms with van der Waals surface area (Å²) >= 11 is 6.35. The van der Waals surface area contributed by atoms with Crippen LogP contribution < -0.4 is 24.8 Å². The van der Waals surface area contributed by atoms with E-state index in [0.29, 0.717) is 50.8 Å². The number of methoxy groups -OCH3 is 2. The van der Waals surface area contributed by atoms with Crippen molar-refractivity contribution in [3.8, 4) is 23.0 Å². The predicted molar refractivity (Wildman–Crippen MR) is 127 cm³/mol. The van der Waals surface area contributed by atoms with Crippen LogP contribution in [0.5, 0.6) is 23.0 Å². The SMILES string of the molecule is C.COc1cc2nccc(Oc3ccc(NC(=O)Nc4cc(C)on4)c(Cl)c3)c2cc1OC. The summed E-state index contributed by atoms with van der Waals surface area (Å²) in [5.74, 6) is 3.06. The lowest BCUT2D eigenvalue weighted by atomic mass is 10.2. The van der Waals surface area contributed by atoms with Crippen LogP contribution in [0.2, 0.25) is 5.02 Å². The van der Waals surface area contributed by atoms with E-state index >= 15 is 0 Å². The molecule has 0 aliphatic heterocycles. The lowest BCUT2D eigenvalue weighted by Gasteiger charge is -2.13. The van der Waals surface area contributed by atoms with Crippen molar-refractivity contribution in [1.29, 1.82) is 0 Å². The van der Waals surface area contributed by atoms with Gasteiger partial charge in [0.2, 0.25) is 0 Å². The van der Waals surface area contributed by atoms with Crippen molar-refractivity contribution >= 4 is 40.0 Å². The zero-order valence-electron chi connectivity index (χ0n) is 17.4. The van der Waals surface area contributed by atoms with Crippen LogP contribution >= 0.6 is 11.6 Å². The molecule has 0 spiro atoms. The fourth-order valence-electron chi connectivity index (χ4n) is 3.02. The average molecular weight is 471 g/mol. The second-order valence-electron chi connectivity index (χ2n) is 6.68. The normalized spacial score (nSPS) is 10.3. The Bertz CT molecular complexity index is 1290. The molecule has 33 heavy (non-hydrogen) atoms. The van der Waals surface area contributed by atoms with E-state index in [0.717, 1.165) is 5.39 Å². The Balaban J connectivity index is 0.00000306. The smallest absolute Gasteiger partial charge is 0.324 e. The summed E-state index contributed by atoms with van der Waals surface area (Å²) in [6, 6.07) is 11.3. The van der Waals surface area contributed by atoms with Crippen molar-refractivity contribution in [2.24, 2.45) is 0 Å². The first-order chi connectivity index (χ1) is 15.5. The predicted octanol–water partition coefficient (Wildman–Crippen LogP) is 6.27. The maximum Gasteiger partial charge on any atom is 0.324 e. The Hall–Kier alpha value is -3.98. The number of urea groups is 1. The van der Waals surface area contributed by atoms with Gasteiger partial charge in [0.15, 0.2) is 17.3 Å². The second kappa shape index (κ2) is 10.1. The lowest BCUT2D eigenvalue weighted by molar-refractivity contribution is 0.262. The average Bonchev–Trinajstić information content (AvgIpc) is 3.19. The number of hydrogen-bond acceptors (Lipinski definition) is 7. The van der Waals surface area contributed by atoms with Crippen molar-refractivity contribution in [2.75, 3.05) is 24.9 Å². The molecule has 10 heteroatoms. The minimum absolute atomic E-state index is 0. The van der Waals surface area contributed by atoms with Gasteiger partial charge in [0, 0.05) is 29.8 Å². The number of nitrogens with one attached hydrogen (secondary N) is 2. The molecule has 0 fully saturated rings. The largest absolute Gasteiger partial charge is 0.493 e. The molecule has 0 atom stereocenters. The fourth-order valence-corrected chi connectivity index (χ4v) is 3.24. The molecule has 2 aromatic heterocycles. The molecule has 2 aromatic carbocycles. The standard InChI is InChI=1S/C22H19ClN4O5.CH4/c1-12-8-21(27-32-12)26-22(28)25-16-5-4-13(9-15(16)23)31-18-6-7-24-17-11-20(30-3)19(29-2)10-14(17)18;/h4-11H,1-3H3,(H2,25,26,27,28);1H4. The zero-order chi connectivity index (χ0) is 22.7. The third-order valence-electron chi connectivity index (χ3n) is 4.49. The Morgan fingerprint density at radius 3 is 2.42 bits per heavy atom. The van der Waals surface area contributed by atoms with Crippen LogP contribution in [0.4, 0.5) is 16.3 Å². The molecule has 0 bridgehead atoms. The van der Waals surface area contributed by atoms with E-state index in [-0.39, 0.29) is 7.43 Å². The molecule has 0 aliphatic rings. The molecule has 0 saturated carbocycles. The number of aromatic nitrogens is 2. The number of anilines is 2. The van der Waals surface area contributed by atoms with Gasteiger partial charge in [0.25, 0.3) is 0 Å². The Labute approximate surface area is 195 Å². The van der Waals surface area contributed by atoms with Gasteiger partial charge in [-0.05, 0) is 31.2 Å². The minimum atomic E-state index is -0.505. The van der Waals surface area contributed by atoms with Gasteiger partial charge in [-0.15, -0.1) is 0 Å². The highest BCUT2D eigenvalue weighted by molar-refractivity contribution is 6.34. The Morgan fingerprint density at radius 1 is 1.00 bits per heavy atom. The first-order valence-electron chi connectivity index (χ1n) is 9.46. The van der Waals surface area contributed by atoms with Gasteiger partial charge in [-0.25, -0.2) is 4.79 Å². The molecular weight excluding hydrogens is 448 g/mol. The molecule has 9 nitrogen and oxygen atoms in total. The third-order valence-corrected chi connectivity index (χ3v) is 4.81. The summed E-state index contributed by atoms with van der Waals surface area (Å²) < 4.78 is 21.7. The van der Waals surface area contributed by atoms with Crippen molar-refractivity contribution in [3.05, 3.63) is 59.4 Å². The van der Waals surface area contributed by atoms with Crippen molar-refractivity contribution < 1.29 is 23.5 Å². The quantitative estimate of drug-likeness (QED) is 0.341. The number of pyridine rings is 1. The molecule has 4 aromatic rings. The van der Waals surface area contributed by atoms with Gasteiger partial charge < -0.3 is 24.1 Å². The molecule has 2 amide bonds. The summed E-state index contributed by atoms with van der Waals surface area (Å²) in [6.07, 6.45) is 1.64. The van der Waals surface area contributed by atoms with E-state index in [4.69, 9.17) is 30.3 Å². The first kappa shape index (κ1) is 23.7. The van der Waals surface area contributed by atoms with E-state index in [2.05, 4.69) is 20.8 Å². The number of aryl methyl sites for hydroxylation is 1. The fraction of sp³-hybridized carbons (Fsp3) is 0.174. The van der Waals surface area contributed by atoms with Crippen molar-refractivity contribution in [3.63, 3.8) is 0 Å². The van der Waals surface area contributed by atoms with Crippen LogP contribution in [0.1, 0.15) is 13.2 Å². The monoisotopic (exact) mass is 470 g/mol. The summed E-state index contributed by atoms with van der Waals surface area (Å²) in [7, 11) is 3.13. The number of ether oxygens (including phenoxy) is 3. The molecule has 4 rings (SSSR count). The molecular formula is C23H23ClN4O5. The zero-order valence-corrected chi connectivity index (χ0v) is 18.2. The van der Waals surface area contributed by atoms with E-state index in [1.165, 1.54) is 0 Å². The van der Waals surface area contributed by atoms with Gasteiger partial charge >= 0.3 is 6.03 Å². The molecule has 0 saturated heterocycles. The number of amides is 2. The summed E-state index contributed by atoms with van der Waals surface area (Å²) in [4.78, 5) is 16.5. The maximum atomic E-state index is 12.2. The van der Waals surface area contributed by atoms with Crippen LogP contribution in [0.15, 0.2) is 53.2 Å². The minimum Gasteiger partial charge on any atom is -0.493 e. The van der Waals surface area contributed by atoms with E-state index in [1.54, 1.807) is 69.8 Å². The number of hydrogen-bond donors (Lipinski definition) is 2. The number of carbonyl (C=O) groups excluding carboxylic acids is 1. The Morgan fingerprint density at radius 2 is 1.76 bits per heavy atom. The molecule has 2 heterocycles.